The van der Waals surface area contributed by atoms with E-state index in [1.165, 1.54) is 0 Å². The Hall–Kier alpha value is -3.65. The highest BCUT2D eigenvalue weighted by Crippen LogP contribution is 2.32. The summed E-state index contributed by atoms with van der Waals surface area (Å²) in [5, 5.41) is 7.65. The monoisotopic (exact) mass is 462 g/mol. The molecule has 0 saturated heterocycles. The van der Waals surface area contributed by atoms with Gasteiger partial charge in [-0.1, -0.05) is 42.5 Å². The Bertz CT molecular complexity index is 1160. The lowest BCUT2D eigenvalue weighted by Crippen LogP contribution is -2.63. The van der Waals surface area contributed by atoms with Crippen molar-refractivity contribution < 1.29 is 19.1 Å². The molecule has 0 spiro atoms. The summed E-state index contributed by atoms with van der Waals surface area (Å²) >= 11 is 0. The average Bonchev–Trinajstić information content (AvgIpc) is 3.29. The molecule has 2 heterocycles. The van der Waals surface area contributed by atoms with Crippen molar-refractivity contribution in [1.29, 1.82) is 0 Å². The predicted octanol–water partition coefficient (Wildman–Crippen LogP) is 3.13. The van der Waals surface area contributed by atoms with Gasteiger partial charge < -0.3 is 19.7 Å². The molecular weight excluding hydrogens is 432 g/mol. The molecule has 0 aliphatic carbocycles. The van der Waals surface area contributed by atoms with Crippen LogP contribution >= 0.6 is 0 Å². The number of amides is 2. The van der Waals surface area contributed by atoms with E-state index in [0.717, 1.165) is 11.1 Å². The zero-order valence-electron chi connectivity index (χ0n) is 19.8. The van der Waals surface area contributed by atoms with E-state index in [-0.39, 0.29) is 24.9 Å². The summed E-state index contributed by atoms with van der Waals surface area (Å²) in [5.74, 6) is 0.240. The highest BCUT2D eigenvalue weighted by molar-refractivity contribution is 6.00. The SMILES string of the molecule is COCCCNC(=O)[C@]1(C)Cn2nc(-c3ccccc3)cc2C(=O)N1Cc1cccc(OC)c1. The summed E-state index contributed by atoms with van der Waals surface area (Å²) in [7, 11) is 3.23. The molecule has 2 amide bonds. The first-order valence-corrected chi connectivity index (χ1v) is 11.3. The van der Waals surface area contributed by atoms with E-state index in [4.69, 9.17) is 9.47 Å². The number of benzene rings is 2. The topological polar surface area (TPSA) is 85.7 Å². The van der Waals surface area contributed by atoms with Gasteiger partial charge in [0.25, 0.3) is 5.91 Å². The van der Waals surface area contributed by atoms with Crippen molar-refractivity contribution in [2.75, 3.05) is 27.4 Å². The van der Waals surface area contributed by atoms with Gasteiger partial charge in [0, 0.05) is 32.4 Å². The van der Waals surface area contributed by atoms with Crippen LogP contribution in [0.2, 0.25) is 0 Å². The van der Waals surface area contributed by atoms with Crippen LogP contribution in [-0.4, -0.2) is 59.4 Å². The first-order valence-electron chi connectivity index (χ1n) is 11.3. The molecule has 178 valence electrons. The van der Waals surface area contributed by atoms with Gasteiger partial charge in [-0.25, -0.2) is 0 Å². The summed E-state index contributed by atoms with van der Waals surface area (Å²) in [5.41, 5.74) is 1.84. The number of carbonyl (C=O) groups is 2. The molecule has 8 heteroatoms. The fourth-order valence-electron chi connectivity index (χ4n) is 4.20. The Labute approximate surface area is 199 Å². The molecule has 0 bridgehead atoms. The van der Waals surface area contributed by atoms with Crippen LogP contribution in [0.25, 0.3) is 11.3 Å². The fourth-order valence-corrected chi connectivity index (χ4v) is 4.20. The maximum absolute atomic E-state index is 13.8. The molecule has 1 aliphatic rings. The molecule has 0 radical (unpaired) electrons. The second-order valence-electron chi connectivity index (χ2n) is 8.56. The Balaban J connectivity index is 1.69. The highest BCUT2D eigenvalue weighted by atomic mass is 16.5. The number of hydrogen-bond donors (Lipinski definition) is 1. The molecule has 34 heavy (non-hydrogen) atoms. The van der Waals surface area contributed by atoms with E-state index in [1.54, 1.807) is 36.8 Å². The van der Waals surface area contributed by atoms with Gasteiger partial charge in [-0.05, 0) is 37.1 Å². The fraction of sp³-hybridized carbons (Fsp3) is 0.346. The Morgan fingerprint density at radius 1 is 1.12 bits per heavy atom. The molecule has 2 aromatic carbocycles. The van der Waals surface area contributed by atoms with Gasteiger partial charge in [-0.15, -0.1) is 0 Å². The smallest absolute Gasteiger partial charge is 0.273 e. The van der Waals surface area contributed by atoms with E-state index in [0.29, 0.717) is 36.7 Å². The third-order valence-electron chi connectivity index (χ3n) is 6.14. The lowest BCUT2D eigenvalue weighted by Gasteiger charge is -2.43. The maximum atomic E-state index is 13.8. The number of nitrogens with one attached hydrogen (secondary N) is 1. The van der Waals surface area contributed by atoms with Crippen LogP contribution in [-0.2, 0) is 22.6 Å². The summed E-state index contributed by atoms with van der Waals surface area (Å²) in [6, 6.07) is 19.0. The van der Waals surface area contributed by atoms with E-state index >= 15 is 0 Å². The minimum Gasteiger partial charge on any atom is -0.497 e. The molecule has 3 aromatic rings. The van der Waals surface area contributed by atoms with Gasteiger partial charge in [0.1, 0.15) is 17.0 Å². The van der Waals surface area contributed by atoms with Crippen LogP contribution in [0.1, 0.15) is 29.4 Å². The predicted molar refractivity (Wildman–Crippen MR) is 128 cm³/mol. The summed E-state index contributed by atoms with van der Waals surface area (Å²) in [6.45, 7) is 3.33. The average molecular weight is 463 g/mol. The van der Waals surface area contributed by atoms with Crippen LogP contribution < -0.4 is 10.1 Å². The van der Waals surface area contributed by atoms with Crippen molar-refractivity contribution in [1.82, 2.24) is 20.0 Å². The van der Waals surface area contributed by atoms with Crippen molar-refractivity contribution in [2.24, 2.45) is 0 Å². The van der Waals surface area contributed by atoms with Crippen molar-refractivity contribution >= 4 is 11.8 Å². The van der Waals surface area contributed by atoms with Crippen molar-refractivity contribution in [2.45, 2.75) is 32.0 Å². The van der Waals surface area contributed by atoms with Gasteiger partial charge in [0.15, 0.2) is 0 Å². The molecule has 1 N–H and O–H groups in total. The normalized spacial score (nSPS) is 17.4. The summed E-state index contributed by atoms with van der Waals surface area (Å²) in [6.07, 6.45) is 0.688. The zero-order valence-corrected chi connectivity index (χ0v) is 19.8. The molecule has 4 rings (SSSR count). The zero-order chi connectivity index (χ0) is 24.1. The molecular formula is C26H30N4O4. The molecule has 1 atom stereocenters. The number of methoxy groups -OCH3 is 2. The van der Waals surface area contributed by atoms with Crippen molar-refractivity contribution in [3.8, 4) is 17.0 Å². The van der Waals surface area contributed by atoms with Crippen LogP contribution in [0, 0.1) is 0 Å². The number of ether oxygens (including phenoxy) is 2. The van der Waals surface area contributed by atoms with E-state index < -0.39 is 5.54 Å². The number of carbonyl (C=O) groups excluding carboxylic acids is 2. The lowest BCUT2D eigenvalue weighted by atomic mass is 9.94. The number of nitrogens with zero attached hydrogens (tertiary/aromatic N) is 3. The number of fused-ring (bicyclic) bond motifs is 1. The lowest BCUT2D eigenvalue weighted by molar-refractivity contribution is -0.133. The maximum Gasteiger partial charge on any atom is 0.273 e. The quantitative estimate of drug-likeness (QED) is 0.494. The van der Waals surface area contributed by atoms with Crippen LogP contribution in [0.15, 0.2) is 60.7 Å². The second-order valence-corrected chi connectivity index (χ2v) is 8.56. The second kappa shape index (κ2) is 10.1. The molecule has 1 aromatic heterocycles. The Morgan fingerprint density at radius 2 is 1.91 bits per heavy atom. The van der Waals surface area contributed by atoms with Crippen molar-refractivity contribution in [3.05, 3.63) is 71.9 Å². The molecule has 0 saturated carbocycles. The first kappa shape index (κ1) is 23.5. The van der Waals surface area contributed by atoms with Crippen LogP contribution in [0.5, 0.6) is 5.75 Å². The van der Waals surface area contributed by atoms with Crippen LogP contribution in [0.4, 0.5) is 0 Å². The van der Waals surface area contributed by atoms with Gasteiger partial charge in [-0.2, -0.15) is 5.10 Å². The third-order valence-corrected chi connectivity index (χ3v) is 6.14. The third kappa shape index (κ3) is 4.68. The van der Waals surface area contributed by atoms with Gasteiger partial charge >= 0.3 is 0 Å². The van der Waals surface area contributed by atoms with E-state index in [1.807, 2.05) is 54.6 Å². The standard InChI is InChI=1S/C26H30N4O4/c1-26(25(32)27-13-8-14-33-2)18-30-23(16-22(28-30)20-10-5-4-6-11-20)24(31)29(26)17-19-9-7-12-21(15-19)34-3/h4-7,9-12,15-16H,8,13-14,17-18H2,1-3H3,(H,27,32)/t26-/m0/s1. The van der Waals surface area contributed by atoms with Gasteiger partial charge in [0.2, 0.25) is 5.91 Å². The van der Waals surface area contributed by atoms with Gasteiger partial charge in [-0.3, -0.25) is 14.3 Å². The van der Waals surface area contributed by atoms with E-state index in [9.17, 15) is 9.59 Å². The van der Waals surface area contributed by atoms with Gasteiger partial charge in [0.05, 0.1) is 19.3 Å². The number of aromatic nitrogens is 2. The molecule has 1 aliphatic heterocycles. The summed E-state index contributed by atoms with van der Waals surface area (Å²) in [4.78, 5) is 28.8. The van der Waals surface area contributed by atoms with Crippen molar-refractivity contribution in [3.63, 3.8) is 0 Å². The largest absolute Gasteiger partial charge is 0.497 e. The Morgan fingerprint density at radius 3 is 2.65 bits per heavy atom. The minimum absolute atomic E-state index is 0.220. The minimum atomic E-state index is -1.12. The van der Waals surface area contributed by atoms with E-state index in [2.05, 4.69) is 10.4 Å². The first-order chi connectivity index (χ1) is 16.5. The molecule has 8 nitrogen and oxygen atoms in total. The number of hydrogen-bond acceptors (Lipinski definition) is 5. The number of rotatable bonds is 9. The Kier molecular flexibility index (Phi) is 6.98. The molecule has 0 fully saturated rings. The molecule has 0 unspecified atom stereocenters. The summed E-state index contributed by atoms with van der Waals surface area (Å²) < 4.78 is 12.1. The van der Waals surface area contributed by atoms with Crippen LogP contribution in [0.3, 0.4) is 0 Å². The highest BCUT2D eigenvalue weighted by Gasteiger charge is 2.47.